The van der Waals surface area contributed by atoms with E-state index in [1.54, 1.807) is 6.92 Å². The van der Waals surface area contributed by atoms with Crippen LogP contribution in [0.5, 0.6) is 0 Å². The van der Waals surface area contributed by atoms with Crippen LogP contribution >= 0.6 is 0 Å². The van der Waals surface area contributed by atoms with Gasteiger partial charge in [0.25, 0.3) is 0 Å². The molecule has 0 aliphatic carbocycles. The van der Waals surface area contributed by atoms with E-state index in [0.717, 1.165) is 6.42 Å². The lowest BCUT2D eigenvalue weighted by Gasteiger charge is -2.18. The standard InChI is InChI=1S/C13H19F2N/c1-8(2)5-10(4)16-13-7-11(14)9(3)6-12(13)15/h6-8,10,16H,5H2,1-4H3. The van der Waals surface area contributed by atoms with Gasteiger partial charge in [-0.3, -0.25) is 0 Å². The maximum atomic E-state index is 13.5. The van der Waals surface area contributed by atoms with Gasteiger partial charge in [0.2, 0.25) is 0 Å². The fraction of sp³-hybridized carbons (Fsp3) is 0.538. The summed E-state index contributed by atoms with van der Waals surface area (Å²) in [4.78, 5) is 0. The summed E-state index contributed by atoms with van der Waals surface area (Å²) < 4.78 is 26.8. The first-order valence-corrected chi connectivity index (χ1v) is 5.62. The number of anilines is 1. The van der Waals surface area contributed by atoms with Gasteiger partial charge in [-0.25, -0.2) is 8.78 Å². The molecule has 0 fully saturated rings. The van der Waals surface area contributed by atoms with E-state index in [9.17, 15) is 8.78 Å². The van der Waals surface area contributed by atoms with Crippen LogP contribution in [0.25, 0.3) is 0 Å². The highest BCUT2D eigenvalue weighted by molar-refractivity contribution is 5.47. The summed E-state index contributed by atoms with van der Waals surface area (Å²) in [6.07, 6.45) is 0.926. The molecule has 90 valence electrons. The van der Waals surface area contributed by atoms with Crippen molar-refractivity contribution in [1.29, 1.82) is 0 Å². The second kappa shape index (κ2) is 5.28. The highest BCUT2D eigenvalue weighted by atomic mass is 19.1. The Labute approximate surface area is 95.9 Å². The molecule has 1 aromatic carbocycles. The lowest BCUT2D eigenvalue weighted by molar-refractivity contribution is 0.534. The Morgan fingerprint density at radius 2 is 1.75 bits per heavy atom. The van der Waals surface area contributed by atoms with E-state index < -0.39 is 5.82 Å². The van der Waals surface area contributed by atoms with Gasteiger partial charge in [0.1, 0.15) is 11.6 Å². The van der Waals surface area contributed by atoms with E-state index in [-0.39, 0.29) is 17.5 Å². The number of benzene rings is 1. The smallest absolute Gasteiger partial charge is 0.146 e. The number of nitrogens with one attached hydrogen (secondary N) is 1. The SMILES string of the molecule is Cc1cc(F)c(NC(C)CC(C)C)cc1F. The molecular formula is C13H19F2N. The Morgan fingerprint density at radius 1 is 1.12 bits per heavy atom. The molecule has 0 saturated heterocycles. The number of halogens is 2. The van der Waals surface area contributed by atoms with E-state index in [1.807, 2.05) is 6.92 Å². The van der Waals surface area contributed by atoms with E-state index in [4.69, 9.17) is 0 Å². The third-order valence-electron chi connectivity index (χ3n) is 2.48. The van der Waals surface area contributed by atoms with Crippen LogP contribution in [0.2, 0.25) is 0 Å². The van der Waals surface area contributed by atoms with Crippen LogP contribution in [0.4, 0.5) is 14.5 Å². The van der Waals surface area contributed by atoms with E-state index >= 15 is 0 Å². The topological polar surface area (TPSA) is 12.0 Å². The van der Waals surface area contributed by atoms with E-state index in [1.165, 1.54) is 12.1 Å². The second-order valence-electron chi connectivity index (χ2n) is 4.76. The fourth-order valence-electron chi connectivity index (χ4n) is 1.79. The quantitative estimate of drug-likeness (QED) is 0.815. The van der Waals surface area contributed by atoms with Gasteiger partial charge in [-0.2, -0.15) is 0 Å². The molecule has 0 saturated carbocycles. The molecular weight excluding hydrogens is 208 g/mol. The van der Waals surface area contributed by atoms with Crippen LogP contribution in [0, 0.1) is 24.5 Å². The minimum atomic E-state index is -0.394. The molecule has 1 unspecified atom stereocenters. The summed E-state index contributed by atoms with van der Waals surface area (Å²) in [5.74, 6) is -0.240. The molecule has 0 heterocycles. The summed E-state index contributed by atoms with van der Waals surface area (Å²) in [5, 5.41) is 2.99. The molecule has 0 amide bonds. The van der Waals surface area contributed by atoms with Crippen molar-refractivity contribution in [2.45, 2.75) is 40.2 Å². The summed E-state index contributed by atoms with van der Waals surface area (Å²) in [6, 6.07) is 2.58. The summed E-state index contributed by atoms with van der Waals surface area (Å²) >= 11 is 0. The predicted molar refractivity (Wildman–Crippen MR) is 63.6 cm³/mol. The molecule has 1 nitrogen and oxygen atoms in total. The van der Waals surface area contributed by atoms with Gasteiger partial charge in [-0.05, 0) is 37.8 Å². The van der Waals surface area contributed by atoms with Crippen molar-refractivity contribution in [1.82, 2.24) is 0 Å². The average molecular weight is 227 g/mol. The number of hydrogen-bond donors (Lipinski definition) is 1. The largest absolute Gasteiger partial charge is 0.380 e. The van der Waals surface area contributed by atoms with Crippen LogP contribution in [0.15, 0.2) is 12.1 Å². The zero-order valence-electron chi connectivity index (χ0n) is 10.3. The van der Waals surface area contributed by atoms with Gasteiger partial charge in [0.15, 0.2) is 0 Å². The normalized spacial score (nSPS) is 12.9. The van der Waals surface area contributed by atoms with Crippen molar-refractivity contribution in [3.05, 3.63) is 29.3 Å². The van der Waals surface area contributed by atoms with Crippen LogP contribution in [-0.2, 0) is 0 Å². The number of rotatable bonds is 4. The van der Waals surface area contributed by atoms with Gasteiger partial charge in [-0.1, -0.05) is 13.8 Å². The summed E-state index contributed by atoms with van der Waals surface area (Å²) in [6.45, 7) is 7.73. The molecule has 1 N–H and O–H groups in total. The Hall–Kier alpha value is -1.12. The Bertz CT molecular complexity index is 361. The Kier molecular flexibility index (Phi) is 4.27. The molecule has 0 aromatic heterocycles. The van der Waals surface area contributed by atoms with Gasteiger partial charge in [0, 0.05) is 12.1 Å². The monoisotopic (exact) mass is 227 g/mol. The molecule has 0 spiro atoms. The number of hydrogen-bond acceptors (Lipinski definition) is 1. The molecule has 0 bridgehead atoms. The molecule has 1 atom stereocenters. The second-order valence-corrected chi connectivity index (χ2v) is 4.76. The van der Waals surface area contributed by atoms with Crippen molar-refractivity contribution in [2.24, 2.45) is 5.92 Å². The maximum Gasteiger partial charge on any atom is 0.146 e. The van der Waals surface area contributed by atoms with Crippen LogP contribution < -0.4 is 5.32 Å². The highest BCUT2D eigenvalue weighted by Crippen LogP contribution is 2.20. The third kappa shape index (κ3) is 3.47. The zero-order valence-corrected chi connectivity index (χ0v) is 10.3. The third-order valence-corrected chi connectivity index (χ3v) is 2.48. The van der Waals surface area contributed by atoms with Crippen LogP contribution in [0.1, 0.15) is 32.8 Å². The molecule has 16 heavy (non-hydrogen) atoms. The van der Waals surface area contributed by atoms with E-state index in [0.29, 0.717) is 11.5 Å². The molecule has 0 aliphatic rings. The van der Waals surface area contributed by atoms with Crippen LogP contribution in [-0.4, -0.2) is 6.04 Å². The van der Waals surface area contributed by atoms with Crippen molar-refractivity contribution < 1.29 is 8.78 Å². The van der Waals surface area contributed by atoms with Gasteiger partial charge in [-0.15, -0.1) is 0 Å². The minimum Gasteiger partial charge on any atom is -0.380 e. The molecule has 1 rings (SSSR count). The van der Waals surface area contributed by atoms with Crippen molar-refractivity contribution in [3.8, 4) is 0 Å². The molecule has 0 aliphatic heterocycles. The van der Waals surface area contributed by atoms with Crippen LogP contribution in [0.3, 0.4) is 0 Å². The fourth-order valence-corrected chi connectivity index (χ4v) is 1.79. The van der Waals surface area contributed by atoms with Crippen molar-refractivity contribution >= 4 is 5.69 Å². The lowest BCUT2D eigenvalue weighted by Crippen LogP contribution is -2.18. The van der Waals surface area contributed by atoms with Gasteiger partial charge in [0.05, 0.1) is 5.69 Å². The van der Waals surface area contributed by atoms with Gasteiger partial charge < -0.3 is 5.32 Å². The number of aryl methyl sites for hydroxylation is 1. The zero-order chi connectivity index (χ0) is 12.3. The molecule has 3 heteroatoms. The summed E-state index contributed by atoms with van der Waals surface area (Å²) in [5.41, 5.74) is 0.579. The van der Waals surface area contributed by atoms with E-state index in [2.05, 4.69) is 19.2 Å². The molecule has 0 radical (unpaired) electrons. The predicted octanol–water partition coefficient (Wildman–Crippen LogP) is 4.12. The van der Waals surface area contributed by atoms with Gasteiger partial charge >= 0.3 is 0 Å². The summed E-state index contributed by atoms with van der Waals surface area (Å²) in [7, 11) is 0. The Morgan fingerprint density at radius 3 is 2.31 bits per heavy atom. The Balaban J connectivity index is 2.77. The lowest BCUT2D eigenvalue weighted by atomic mass is 10.0. The van der Waals surface area contributed by atoms with Crippen molar-refractivity contribution in [3.63, 3.8) is 0 Å². The first kappa shape index (κ1) is 12.9. The first-order chi connectivity index (χ1) is 7.40. The molecule has 1 aromatic rings. The minimum absolute atomic E-state index is 0.136. The first-order valence-electron chi connectivity index (χ1n) is 5.62. The average Bonchev–Trinajstić information content (AvgIpc) is 2.12. The maximum absolute atomic E-state index is 13.5. The van der Waals surface area contributed by atoms with Crippen molar-refractivity contribution in [2.75, 3.05) is 5.32 Å². The highest BCUT2D eigenvalue weighted by Gasteiger charge is 2.10.